The summed E-state index contributed by atoms with van der Waals surface area (Å²) < 4.78 is 8.95. The van der Waals surface area contributed by atoms with Gasteiger partial charge in [0.25, 0.3) is 0 Å². The van der Waals surface area contributed by atoms with E-state index in [0.717, 1.165) is 67.0 Å². The van der Waals surface area contributed by atoms with Crippen molar-refractivity contribution in [2.24, 2.45) is 0 Å². The van der Waals surface area contributed by atoms with Crippen LogP contribution in [0.4, 0.5) is 0 Å². The van der Waals surface area contributed by atoms with E-state index in [1.165, 1.54) is 33.1 Å². The zero-order valence-electron chi connectivity index (χ0n) is 35.3. The number of pyridine rings is 2. The molecule has 1 radical (unpaired) electrons. The summed E-state index contributed by atoms with van der Waals surface area (Å²) >= 11 is 0. The minimum atomic E-state index is -1.23. The van der Waals surface area contributed by atoms with Crippen molar-refractivity contribution in [2.75, 3.05) is 0 Å². The third-order valence-corrected chi connectivity index (χ3v) is 12.9. The fraction of sp³-hybridized carbons (Fsp3) is 0.212. The minimum absolute atomic E-state index is 0. The maximum absolute atomic E-state index is 6.59. The minimum Gasteiger partial charge on any atom is -0.500 e. The molecule has 0 bridgehead atoms. The van der Waals surface area contributed by atoms with Crippen molar-refractivity contribution in [3.8, 4) is 39.5 Å². The van der Waals surface area contributed by atoms with Gasteiger partial charge in [-0.3, -0.25) is 9.97 Å². The van der Waals surface area contributed by atoms with Gasteiger partial charge in [-0.15, -0.1) is 54.1 Å². The maximum Gasteiger partial charge on any atom is 0.124 e. The first-order chi connectivity index (χ1) is 27.9. The second kappa shape index (κ2) is 17.0. The predicted octanol–water partition coefficient (Wildman–Crippen LogP) is 13.4. The molecule has 0 fully saturated rings. The molecule has 0 saturated heterocycles. The van der Waals surface area contributed by atoms with Crippen molar-refractivity contribution in [1.82, 2.24) is 19.5 Å². The maximum atomic E-state index is 6.59. The van der Waals surface area contributed by atoms with Crippen molar-refractivity contribution in [1.29, 1.82) is 0 Å². The molecule has 9 aromatic rings. The van der Waals surface area contributed by atoms with Gasteiger partial charge in [0.1, 0.15) is 5.58 Å². The number of furan rings is 1. The molecule has 0 aliphatic carbocycles. The van der Waals surface area contributed by atoms with Crippen molar-refractivity contribution >= 4 is 46.2 Å². The van der Waals surface area contributed by atoms with Crippen LogP contribution in [-0.4, -0.2) is 27.6 Å². The average Bonchev–Trinajstić information content (AvgIpc) is 3.79. The van der Waals surface area contributed by atoms with Gasteiger partial charge >= 0.3 is 0 Å². The summed E-state index contributed by atoms with van der Waals surface area (Å²) in [6.07, 6.45) is 2.02. The molecule has 0 aliphatic heterocycles. The largest absolute Gasteiger partial charge is 0.500 e. The van der Waals surface area contributed by atoms with E-state index in [4.69, 9.17) is 14.4 Å². The van der Waals surface area contributed by atoms with Gasteiger partial charge in [0.05, 0.1) is 30.5 Å². The number of para-hydroxylation sites is 2. The Labute approximate surface area is 363 Å². The van der Waals surface area contributed by atoms with Crippen LogP contribution in [0.1, 0.15) is 62.0 Å². The van der Waals surface area contributed by atoms with Crippen molar-refractivity contribution in [3.05, 3.63) is 162 Å². The molecule has 299 valence electrons. The van der Waals surface area contributed by atoms with Crippen LogP contribution in [0.5, 0.6) is 0 Å². The van der Waals surface area contributed by atoms with Gasteiger partial charge in [-0.1, -0.05) is 113 Å². The van der Waals surface area contributed by atoms with Crippen LogP contribution in [0, 0.1) is 26.0 Å². The number of fused-ring (bicyclic) bond motifs is 4. The van der Waals surface area contributed by atoms with E-state index in [9.17, 15) is 0 Å². The van der Waals surface area contributed by atoms with Gasteiger partial charge < -0.3 is 14.0 Å². The van der Waals surface area contributed by atoms with Crippen LogP contribution in [0.3, 0.4) is 0 Å². The standard InChI is InChI=1S/C38H34N3O.C14H16NSi.Ir/c1-22(2)30-20-27(26-13-8-7-9-14-26)21-31(23(3)4)36(30)41-33-18-11-10-17-32(33)40-38(41)29-16-12-15-28-35-25(6)39-24(5)19-34(35)42-37(28)29;1-16(2,3)13-9-10-14(15-11-13)12-7-5-4-6-8-12;/h7-15,17-23H,1-6H3;4-7,9-11H,1-3H3;/q2*-1;. The molecule has 7 heteroatoms. The summed E-state index contributed by atoms with van der Waals surface area (Å²) in [6.45, 7) is 20.2. The van der Waals surface area contributed by atoms with Crippen molar-refractivity contribution in [2.45, 2.75) is 73.0 Å². The summed E-state index contributed by atoms with van der Waals surface area (Å²) in [5.41, 5.74) is 14.7. The molecule has 0 N–H and O–H groups in total. The van der Waals surface area contributed by atoms with Gasteiger partial charge in [0.2, 0.25) is 0 Å². The molecule has 0 amide bonds. The van der Waals surface area contributed by atoms with E-state index in [2.05, 4.69) is 154 Å². The average molecular weight is 967 g/mol. The Morgan fingerprint density at radius 2 is 1.39 bits per heavy atom. The van der Waals surface area contributed by atoms with E-state index in [1.807, 2.05) is 56.4 Å². The van der Waals surface area contributed by atoms with E-state index in [1.54, 1.807) is 0 Å². The Balaban J connectivity index is 0.000000262. The van der Waals surface area contributed by atoms with E-state index >= 15 is 0 Å². The van der Waals surface area contributed by atoms with Crippen molar-refractivity contribution < 1.29 is 24.5 Å². The quantitative estimate of drug-likeness (QED) is 0.118. The Hall–Kier alpha value is -5.46. The number of aromatic nitrogens is 4. The molecule has 0 atom stereocenters. The number of nitrogens with zero attached hydrogens (tertiary/aromatic N) is 4. The molecule has 4 heterocycles. The zero-order chi connectivity index (χ0) is 40.7. The molecule has 5 aromatic carbocycles. The second-order valence-electron chi connectivity index (χ2n) is 16.8. The van der Waals surface area contributed by atoms with E-state index in [-0.39, 0.29) is 31.9 Å². The second-order valence-corrected chi connectivity index (χ2v) is 21.9. The van der Waals surface area contributed by atoms with Gasteiger partial charge in [0, 0.05) is 54.8 Å². The van der Waals surface area contributed by atoms with Gasteiger partial charge in [-0.2, -0.15) is 0 Å². The third-order valence-electron chi connectivity index (χ3n) is 10.9. The smallest absolute Gasteiger partial charge is 0.124 e. The molecule has 0 spiro atoms. The summed E-state index contributed by atoms with van der Waals surface area (Å²) in [7, 11) is -1.23. The Bertz CT molecular complexity index is 2860. The number of benzene rings is 5. The fourth-order valence-electron chi connectivity index (χ4n) is 7.85. The monoisotopic (exact) mass is 967 g/mol. The van der Waals surface area contributed by atoms with Crippen LogP contribution in [0.2, 0.25) is 19.6 Å². The van der Waals surface area contributed by atoms with E-state index < -0.39 is 8.07 Å². The van der Waals surface area contributed by atoms with Crippen LogP contribution in [0.15, 0.2) is 132 Å². The molecule has 9 rings (SSSR count). The fourth-order valence-corrected chi connectivity index (χ4v) is 8.88. The van der Waals surface area contributed by atoms with Crippen molar-refractivity contribution in [3.63, 3.8) is 0 Å². The van der Waals surface area contributed by atoms with Crippen LogP contribution in [0.25, 0.3) is 72.4 Å². The van der Waals surface area contributed by atoms with E-state index in [0.29, 0.717) is 0 Å². The molecule has 5 nitrogen and oxygen atoms in total. The number of hydrogen-bond acceptors (Lipinski definition) is 4. The molecule has 59 heavy (non-hydrogen) atoms. The summed E-state index contributed by atoms with van der Waals surface area (Å²) in [4.78, 5) is 14.5. The summed E-state index contributed by atoms with van der Waals surface area (Å²) in [6, 6.07) is 48.9. The normalized spacial score (nSPS) is 11.6. The van der Waals surface area contributed by atoms with Gasteiger partial charge in [-0.05, 0) is 83.1 Å². The molecule has 4 aromatic heterocycles. The summed E-state index contributed by atoms with van der Waals surface area (Å²) in [5.74, 6) is 1.41. The van der Waals surface area contributed by atoms with Gasteiger partial charge in [0.15, 0.2) is 0 Å². The van der Waals surface area contributed by atoms with Gasteiger partial charge in [-0.25, -0.2) is 0 Å². The number of rotatable bonds is 7. The molecular weight excluding hydrogens is 917 g/mol. The van der Waals surface area contributed by atoms with Crippen LogP contribution in [-0.2, 0) is 20.1 Å². The first kappa shape index (κ1) is 41.7. The van der Waals surface area contributed by atoms with Crippen LogP contribution < -0.4 is 5.19 Å². The number of hydrogen-bond donors (Lipinski definition) is 0. The topological polar surface area (TPSA) is 56.7 Å². The first-order valence-electron chi connectivity index (χ1n) is 20.2. The third kappa shape index (κ3) is 8.25. The van der Waals surface area contributed by atoms with Crippen LogP contribution >= 0.6 is 0 Å². The summed E-state index contributed by atoms with van der Waals surface area (Å²) in [5, 5.41) is 3.48. The molecule has 0 saturated carbocycles. The number of imidazole rings is 1. The predicted molar refractivity (Wildman–Crippen MR) is 245 cm³/mol. The molecule has 0 aliphatic rings. The Kier molecular flexibility index (Phi) is 12.0. The zero-order valence-corrected chi connectivity index (χ0v) is 38.7. The SMILES string of the molecule is C[Si](C)(C)c1ccc(-c2[c-]cccc2)nc1.Cc1cc2oc3c(-c4nc5ccccc5n4-c4c(C(C)C)cc(-c5ccccc5)cc4C(C)C)[c-]ccc3c2c(C)n1.[Ir]. The first-order valence-corrected chi connectivity index (χ1v) is 23.7. The molecular formula is C52H50IrN4OSi-2. The molecule has 0 unspecified atom stereocenters. The Morgan fingerprint density at radius 1 is 0.695 bits per heavy atom. The Morgan fingerprint density at radius 3 is 2.03 bits per heavy atom. The number of aryl methyl sites for hydroxylation is 2.